The van der Waals surface area contributed by atoms with E-state index in [2.05, 4.69) is 163 Å². The van der Waals surface area contributed by atoms with Crippen molar-refractivity contribution in [1.29, 1.82) is 0 Å². The molecule has 4 aromatic heterocycles. The van der Waals surface area contributed by atoms with Crippen molar-refractivity contribution in [2.45, 2.75) is 34.1 Å². The summed E-state index contributed by atoms with van der Waals surface area (Å²) in [6.45, 7) is 8.25. The molecular weight excluding hydrogens is 721 g/mol. The fraction of sp³-hybridized carbons (Fsp3) is 0.0943. The Hall–Kier alpha value is -7.44. The Morgan fingerprint density at radius 3 is 1.58 bits per heavy atom. The zero-order valence-electron chi connectivity index (χ0n) is 33.7. The standard InChI is InChI=1S/C48H30N6.C3H8.C2H6/c1-4-17-32(18-5-1)46-50-47(33-19-6-2-7-20-33)52-48(51-46)54-41-27-15-11-23-35(41)43-37(39-29-28-31-16-10-13-25-38(31)49-39)30-42-44(45(43)54)36-24-12-14-26-40(36)53(42)34-21-8-3-9-22-34;1-3-2;1-2/h1-30H;3H2,1-2H3;1-2H3. The van der Waals surface area contributed by atoms with Gasteiger partial charge in [-0.1, -0.05) is 174 Å². The smallest absolute Gasteiger partial charge is 0.238 e. The van der Waals surface area contributed by atoms with E-state index < -0.39 is 0 Å². The number of hydrogen-bond donors (Lipinski definition) is 0. The van der Waals surface area contributed by atoms with Gasteiger partial charge in [-0.3, -0.25) is 4.57 Å². The molecule has 0 fully saturated rings. The Morgan fingerprint density at radius 2 is 0.949 bits per heavy atom. The van der Waals surface area contributed by atoms with E-state index in [0.717, 1.165) is 82.6 Å². The first kappa shape index (κ1) is 37.2. The minimum atomic E-state index is 0.551. The van der Waals surface area contributed by atoms with E-state index in [1.165, 1.54) is 6.42 Å². The topological polar surface area (TPSA) is 61.4 Å². The lowest BCUT2D eigenvalue weighted by atomic mass is 9.99. The Labute approximate surface area is 344 Å². The van der Waals surface area contributed by atoms with Crippen molar-refractivity contribution in [2.24, 2.45) is 0 Å². The van der Waals surface area contributed by atoms with E-state index in [9.17, 15) is 0 Å². The normalized spacial score (nSPS) is 11.1. The van der Waals surface area contributed by atoms with E-state index in [4.69, 9.17) is 19.9 Å². The molecule has 6 heteroatoms. The Kier molecular flexibility index (Phi) is 10.2. The van der Waals surface area contributed by atoms with Crippen LogP contribution in [0.5, 0.6) is 0 Å². The van der Waals surface area contributed by atoms with Crippen LogP contribution < -0.4 is 0 Å². The van der Waals surface area contributed by atoms with E-state index in [0.29, 0.717) is 17.6 Å². The monoisotopic (exact) mass is 764 g/mol. The maximum absolute atomic E-state index is 5.30. The number of rotatable bonds is 5. The van der Waals surface area contributed by atoms with Gasteiger partial charge in [0, 0.05) is 49.3 Å². The van der Waals surface area contributed by atoms with Gasteiger partial charge in [0.1, 0.15) is 0 Å². The van der Waals surface area contributed by atoms with Crippen molar-refractivity contribution >= 4 is 54.5 Å². The number of hydrogen-bond acceptors (Lipinski definition) is 4. The molecule has 0 atom stereocenters. The van der Waals surface area contributed by atoms with E-state index in [1.54, 1.807) is 0 Å². The lowest BCUT2D eigenvalue weighted by Crippen LogP contribution is -2.06. The van der Waals surface area contributed by atoms with Crippen molar-refractivity contribution in [2.75, 3.05) is 0 Å². The predicted octanol–water partition coefficient (Wildman–Crippen LogP) is 14.1. The van der Waals surface area contributed by atoms with Crippen LogP contribution in [-0.2, 0) is 0 Å². The third-order valence-corrected chi connectivity index (χ3v) is 10.3. The number of benzene rings is 7. The minimum absolute atomic E-state index is 0.551. The van der Waals surface area contributed by atoms with Crippen LogP contribution in [0.3, 0.4) is 0 Å². The second kappa shape index (κ2) is 16.2. The van der Waals surface area contributed by atoms with Crippen LogP contribution in [0.15, 0.2) is 182 Å². The third kappa shape index (κ3) is 6.58. The largest absolute Gasteiger partial charge is 0.309 e. The van der Waals surface area contributed by atoms with Crippen molar-refractivity contribution < 1.29 is 0 Å². The molecule has 4 heterocycles. The van der Waals surface area contributed by atoms with Gasteiger partial charge in [0.25, 0.3) is 0 Å². The summed E-state index contributed by atoms with van der Waals surface area (Å²) in [7, 11) is 0. The van der Waals surface area contributed by atoms with Crippen LogP contribution >= 0.6 is 0 Å². The lowest BCUT2D eigenvalue weighted by molar-refractivity contribution is 0.955. The molecule has 286 valence electrons. The molecule has 0 bridgehead atoms. The minimum Gasteiger partial charge on any atom is -0.309 e. The first-order chi connectivity index (χ1) is 29.2. The van der Waals surface area contributed by atoms with Crippen LogP contribution in [-0.4, -0.2) is 29.1 Å². The quantitative estimate of drug-likeness (QED) is 0.175. The molecule has 0 aliphatic heterocycles. The summed E-state index contributed by atoms with van der Waals surface area (Å²) < 4.78 is 4.62. The molecule has 0 aliphatic rings. The fourth-order valence-electron chi connectivity index (χ4n) is 7.98. The van der Waals surface area contributed by atoms with Gasteiger partial charge < -0.3 is 4.57 Å². The number of nitrogens with zero attached hydrogens (tertiary/aromatic N) is 6. The Balaban J connectivity index is 0.000000861. The van der Waals surface area contributed by atoms with Crippen molar-refractivity contribution in [3.05, 3.63) is 182 Å². The van der Waals surface area contributed by atoms with Gasteiger partial charge in [-0.15, -0.1) is 0 Å². The van der Waals surface area contributed by atoms with Gasteiger partial charge in [-0.25, -0.2) is 9.97 Å². The van der Waals surface area contributed by atoms with Crippen LogP contribution in [0.2, 0.25) is 0 Å². The molecule has 0 radical (unpaired) electrons. The second-order valence-corrected chi connectivity index (χ2v) is 14.2. The van der Waals surface area contributed by atoms with Crippen molar-refractivity contribution in [3.8, 4) is 45.7 Å². The van der Waals surface area contributed by atoms with Crippen LogP contribution in [0, 0.1) is 0 Å². The van der Waals surface area contributed by atoms with Gasteiger partial charge in [0.05, 0.1) is 33.3 Å². The molecule has 0 amide bonds. The van der Waals surface area contributed by atoms with Gasteiger partial charge in [0.15, 0.2) is 11.6 Å². The number of fused-ring (bicyclic) bond motifs is 8. The molecule has 0 saturated carbocycles. The van der Waals surface area contributed by atoms with Gasteiger partial charge in [0.2, 0.25) is 5.95 Å². The van der Waals surface area contributed by atoms with E-state index in [1.807, 2.05) is 56.3 Å². The maximum atomic E-state index is 5.30. The first-order valence-electron chi connectivity index (χ1n) is 20.5. The Morgan fingerprint density at radius 1 is 0.441 bits per heavy atom. The fourth-order valence-corrected chi connectivity index (χ4v) is 7.98. The lowest BCUT2D eigenvalue weighted by Gasteiger charge is -2.13. The summed E-state index contributed by atoms with van der Waals surface area (Å²) in [5, 5.41) is 5.56. The van der Waals surface area contributed by atoms with Gasteiger partial charge in [-0.2, -0.15) is 9.97 Å². The SMILES string of the molecule is CC.CCC.c1ccc(-c2nc(-c3ccccc3)nc(-n3c4ccccc4c4c(-c5ccc6ccccc6n5)cc5c(c6ccccc6n5-c5ccccc5)c43)n2)cc1. The number of para-hydroxylation sites is 4. The summed E-state index contributed by atoms with van der Waals surface area (Å²) >= 11 is 0. The highest BCUT2D eigenvalue weighted by Gasteiger charge is 2.26. The molecule has 6 nitrogen and oxygen atoms in total. The summed E-state index contributed by atoms with van der Waals surface area (Å²) in [5.74, 6) is 1.77. The first-order valence-corrected chi connectivity index (χ1v) is 20.5. The second-order valence-electron chi connectivity index (χ2n) is 14.2. The van der Waals surface area contributed by atoms with Crippen LogP contribution in [0.4, 0.5) is 0 Å². The van der Waals surface area contributed by atoms with Crippen molar-refractivity contribution in [3.63, 3.8) is 0 Å². The highest BCUT2D eigenvalue weighted by molar-refractivity contribution is 6.29. The highest BCUT2D eigenvalue weighted by Crippen LogP contribution is 2.46. The Bertz CT molecular complexity index is 3160. The average Bonchev–Trinajstić information content (AvgIpc) is 3.83. The summed E-state index contributed by atoms with van der Waals surface area (Å²) in [5.41, 5.74) is 10.0. The van der Waals surface area contributed by atoms with Gasteiger partial charge in [-0.05, 0) is 42.5 Å². The molecule has 0 unspecified atom stereocenters. The zero-order chi connectivity index (χ0) is 40.3. The highest BCUT2D eigenvalue weighted by atomic mass is 15.2. The third-order valence-electron chi connectivity index (χ3n) is 10.3. The number of pyridine rings is 1. The van der Waals surface area contributed by atoms with Crippen LogP contribution in [0.1, 0.15) is 34.1 Å². The van der Waals surface area contributed by atoms with E-state index >= 15 is 0 Å². The summed E-state index contributed by atoms with van der Waals surface area (Å²) in [6, 6.07) is 63.1. The van der Waals surface area contributed by atoms with Crippen LogP contribution in [0.25, 0.3) is 100 Å². The maximum Gasteiger partial charge on any atom is 0.238 e. The summed E-state index contributed by atoms with van der Waals surface area (Å²) in [4.78, 5) is 20.9. The molecule has 7 aromatic carbocycles. The molecule has 0 saturated heterocycles. The molecule has 11 rings (SSSR count). The molecular formula is C53H44N6. The number of aromatic nitrogens is 6. The van der Waals surface area contributed by atoms with E-state index in [-0.39, 0.29) is 0 Å². The van der Waals surface area contributed by atoms with Gasteiger partial charge >= 0.3 is 0 Å². The average molecular weight is 765 g/mol. The zero-order valence-corrected chi connectivity index (χ0v) is 33.7. The summed E-state index contributed by atoms with van der Waals surface area (Å²) in [6.07, 6.45) is 1.25. The molecule has 0 spiro atoms. The molecule has 0 aliphatic carbocycles. The molecule has 59 heavy (non-hydrogen) atoms. The molecule has 11 aromatic rings. The van der Waals surface area contributed by atoms with Crippen molar-refractivity contribution in [1.82, 2.24) is 29.1 Å². The predicted molar refractivity (Wildman–Crippen MR) is 247 cm³/mol. The molecule has 0 N–H and O–H groups in total.